The van der Waals surface area contributed by atoms with Crippen LogP contribution < -0.4 is 5.56 Å². The highest BCUT2D eigenvalue weighted by molar-refractivity contribution is 6.33. The van der Waals surface area contributed by atoms with Gasteiger partial charge in [0, 0.05) is 18.0 Å². The summed E-state index contributed by atoms with van der Waals surface area (Å²) in [6, 6.07) is 7.76. The highest BCUT2D eigenvalue weighted by Gasteiger charge is 2.21. The van der Waals surface area contributed by atoms with Gasteiger partial charge in [0.2, 0.25) is 10.9 Å². The molecule has 0 saturated heterocycles. The number of halogens is 2. The third-order valence-electron chi connectivity index (χ3n) is 3.67. The summed E-state index contributed by atoms with van der Waals surface area (Å²) in [4.78, 5) is 22.7. The summed E-state index contributed by atoms with van der Waals surface area (Å²) < 4.78 is 19.2. The molecule has 0 aliphatic carbocycles. The van der Waals surface area contributed by atoms with Crippen molar-refractivity contribution in [3.8, 4) is 22.3 Å². The fourth-order valence-corrected chi connectivity index (χ4v) is 2.92. The van der Waals surface area contributed by atoms with Crippen LogP contribution in [0.15, 0.2) is 58.3 Å². The molecule has 4 rings (SSSR count). The summed E-state index contributed by atoms with van der Waals surface area (Å²) in [7, 11) is 0. The summed E-state index contributed by atoms with van der Waals surface area (Å²) in [5.74, 6) is -0.409. The number of nitrogens with one attached hydrogen (secondary N) is 1. The van der Waals surface area contributed by atoms with E-state index in [4.69, 9.17) is 16.0 Å². The zero-order chi connectivity index (χ0) is 16.7. The van der Waals surface area contributed by atoms with Gasteiger partial charge < -0.3 is 9.40 Å². The summed E-state index contributed by atoms with van der Waals surface area (Å²) in [6.45, 7) is 0. The molecule has 3 aromatic heterocycles. The Morgan fingerprint density at radius 1 is 1.21 bits per heavy atom. The number of nitrogens with zero attached hydrogens (tertiary/aromatic N) is 2. The van der Waals surface area contributed by atoms with Crippen LogP contribution in [0.1, 0.15) is 0 Å². The number of aromatic nitrogens is 3. The number of fused-ring (bicyclic) bond motifs is 1. The van der Waals surface area contributed by atoms with Crippen molar-refractivity contribution in [2.24, 2.45) is 0 Å². The lowest BCUT2D eigenvalue weighted by molar-refractivity contribution is 0.605. The minimum absolute atomic E-state index is 0.0194. The second-order valence-corrected chi connectivity index (χ2v) is 5.44. The Morgan fingerprint density at radius 2 is 2.08 bits per heavy atom. The van der Waals surface area contributed by atoms with E-state index in [9.17, 15) is 9.18 Å². The number of benzene rings is 1. The molecule has 0 fully saturated rings. The molecule has 118 valence electrons. The molecule has 4 aromatic rings. The molecule has 7 heteroatoms. The van der Waals surface area contributed by atoms with Crippen molar-refractivity contribution >= 4 is 22.7 Å². The summed E-state index contributed by atoms with van der Waals surface area (Å²) in [5, 5.41) is 0.241. The quantitative estimate of drug-likeness (QED) is 0.597. The van der Waals surface area contributed by atoms with E-state index in [1.807, 2.05) is 0 Å². The summed E-state index contributed by atoms with van der Waals surface area (Å²) >= 11 is 6.20. The van der Waals surface area contributed by atoms with Crippen LogP contribution in [0.5, 0.6) is 0 Å². The van der Waals surface area contributed by atoms with E-state index in [0.717, 1.165) is 0 Å². The van der Waals surface area contributed by atoms with Gasteiger partial charge in [0.05, 0.1) is 11.9 Å². The number of pyridine rings is 1. The largest absolute Gasteiger partial charge is 0.425 e. The maximum atomic E-state index is 13.8. The highest BCUT2D eigenvalue weighted by atomic mass is 35.5. The van der Waals surface area contributed by atoms with Gasteiger partial charge in [0.1, 0.15) is 11.2 Å². The van der Waals surface area contributed by atoms with Gasteiger partial charge in [-0.25, -0.2) is 9.37 Å². The first-order valence-electron chi connectivity index (χ1n) is 7.01. The summed E-state index contributed by atoms with van der Waals surface area (Å²) in [6.07, 6.45) is 4.47. The number of hydrogen-bond acceptors (Lipinski definition) is 4. The first-order chi connectivity index (χ1) is 11.6. The normalized spacial score (nSPS) is 11.1. The minimum Gasteiger partial charge on any atom is -0.425 e. The number of hydrogen-bond donors (Lipinski definition) is 1. The lowest BCUT2D eigenvalue weighted by Gasteiger charge is -2.09. The van der Waals surface area contributed by atoms with Crippen LogP contribution in [0.2, 0.25) is 5.22 Å². The molecular weight excluding hydrogens is 333 g/mol. The van der Waals surface area contributed by atoms with Gasteiger partial charge in [-0.3, -0.25) is 9.78 Å². The molecule has 0 spiro atoms. The maximum Gasteiger partial charge on any atom is 0.262 e. The SMILES string of the molecule is O=c1[nH]cnc2oc(Cl)c(-c3ccc(F)cc3-c3cccnc3)c12. The average Bonchev–Trinajstić information content (AvgIpc) is 2.93. The lowest BCUT2D eigenvalue weighted by Crippen LogP contribution is -2.05. The monoisotopic (exact) mass is 341 g/mol. The Balaban J connectivity index is 2.09. The Labute approximate surface area is 139 Å². The van der Waals surface area contributed by atoms with E-state index in [1.165, 1.54) is 18.5 Å². The van der Waals surface area contributed by atoms with E-state index in [-0.39, 0.29) is 21.9 Å². The Kier molecular flexibility index (Phi) is 3.39. The topological polar surface area (TPSA) is 71.8 Å². The van der Waals surface area contributed by atoms with E-state index in [1.54, 1.807) is 30.6 Å². The van der Waals surface area contributed by atoms with Crippen molar-refractivity contribution < 1.29 is 8.81 Å². The third kappa shape index (κ3) is 2.28. The third-order valence-corrected chi connectivity index (χ3v) is 3.94. The molecule has 0 atom stereocenters. The maximum absolute atomic E-state index is 13.8. The van der Waals surface area contributed by atoms with Crippen LogP contribution >= 0.6 is 11.6 Å². The van der Waals surface area contributed by atoms with Crippen LogP contribution in [-0.4, -0.2) is 15.0 Å². The van der Waals surface area contributed by atoms with Gasteiger partial charge in [-0.05, 0) is 40.9 Å². The zero-order valence-electron chi connectivity index (χ0n) is 12.1. The Hall–Kier alpha value is -2.99. The smallest absolute Gasteiger partial charge is 0.262 e. The van der Waals surface area contributed by atoms with Gasteiger partial charge in [-0.15, -0.1) is 0 Å². The van der Waals surface area contributed by atoms with Crippen molar-refractivity contribution in [3.63, 3.8) is 0 Å². The number of H-pyrrole nitrogens is 1. The van der Waals surface area contributed by atoms with Gasteiger partial charge in [-0.2, -0.15) is 0 Å². The van der Waals surface area contributed by atoms with E-state index >= 15 is 0 Å². The first kappa shape index (κ1) is 14.6. The molecule has 0 amide bonds. The van der Waals surface area contributed by atoms with Gasteiger partial charge in [0.25, 0.3) is 5.56 Å². The molecule has 0 radical (unpaired) electrons. The van der Waals surface area contributed by atoms with Gasteiger partial charge >= 0.3 is 0 Å². The van der Waals surface area contributed by atoms with Crippen molar-refractivity contribution in [1.82, 2.24) is 15.0 Å². The second kappa shape index (κ2) is 5.58. The minimum atomic E-state index is -0.409. The Morgan fingerprint density at radius 3 is 2.88 bits per heavy atom. The van der Waals surface area contributed by atoms with Gasteiger partial charge in [-0.1, -0.05) is 12.1 Å². The highest BCUT2D eigenvalue weighted by Crippen LogP contribution is 2.40. The van der Waals surface area contributed by atoms with Crippen LogP contribution in [-0.2, 0) is 0 Å². The molecule has 0 aliphatic heterocycles. The molecule has 5 nitrogen and oxygen atoms in total. The standard InChI is InChI=1S/C17H9ClFN3O2/c18-15-13(14-16(23)21-8-22-17(14)24-15)11-4-3-10(19)6-12(11)9-2-1-5-20-7-9/h1-8H,(H,21,22,23). The van der Waals surface area contributed by atoms with Crippen LogP contribution in [0, 0.1) is 5.82 Å². The van der Waals surface area contributed by atoms with Gasteiger partial charge in [0.15, 0.2) is 0 Å². The van der Waals surface area contributed by atoms with E-state index in [2.05, 4.69) is 15.0 Å². The fraction of sp³-hybridized carbons (Fsp3) is 0. The van der Waals surface area contributed by atoms with Crippen molar-refractivity contribution in [2.75, 3.05) is 0 Å². The predicted octanol–water partition coefficient (Wildman–Crippen LogP) is 4.04. The fourth-order valence-electron chi connectivity index (χ4n) is 2.65. The Bertz CT molecular complexity index is 1110. The summed E-state index contributed by atoms with van der Waals surface area (Å²) in [5.41, 5.74) is 1.92. The number of aromatic amines is 1. The lowest BCUT2D eigenvalue weighted by atomic mass is 9.95. The van der Waals surface area contributed by atoms with Crippen LogP contribution in [0.3, 0.4) is 0 Å². The first-order valence-corrected chi connectivity index (χ1v) is 7.39. The van der Waals surface area contributed by atoms with Crippen molar-refractivity contribution in [3.05, 3.63) is 70.4 Å². The zero-order valence-corrected chi connectivity index (χ0v) is 12.8. The molecule has 24 heavy (non-hydrogen) atoms. The number of furan rings is 1. The molecular formula is C17H9ClFN3O2. The van der Waals surface area contributed by atoms with Crippen LogP contribution in [0.4, 0.5) is 4.39 Å². The van der Waals surface area contributed by atoms with E-state index in [0.29, 0.717) is 22.3 Å². The molecule has 0 saturated carbocycles. The molecule has 1 N–H and O–H groups in total. The predicted molar refractivity (Wildman–Crippen MR) is 88.3 cm³/mol. The molecule has 0 bridgehead atoms. The van der Waals surface area contributed by atoms with Crippen LogP contribution in [0.25, 0.3) is 33.4 Å². The molecule has 1 aromatic carbocycles. The number of rotatable bonds is 2. The second-order valence-electron chi connectivity index (χ2n) is 5.09. The molecule has 3 heterocycles. The molecule has 0 unspecified atom stereocenters. The molecule has 0 aliphatic rings. The van der Waals surface area contributed by atoms with Crippen molar-refractivity contribution in [1.29, 1.82) is 0 Å². The van der Waals surface area contributed by atoms with Crippen molar-refractivity contribution in [2.45, 2.75) is 0 Å². The van der Waals surface area contributed by atoms with E-state index < -0.39 is 5.82 Å². The average molecular weight is 342 g/mol.